The van der Waals surface area contributed by atoms with Gasteiger partial charge in [-0.3, -0.25) is 4.79 Å². The monoisotopic (exact) mass is 224 g/mol. The zero-order chi connectivity index (χ0) is 12.0. The summed E-state index contributed by atoms with van der Waals surface area (Å²) in [6, 6.07) is 4.81. The first-order valence-electron chi connectivity index (χ1n) is 4.96. The third kappa shape index (κ3) is 3.43. The van der Waals surface area contributed by atoms with Crippen molar-refractivity contribution in [3.05, 3.63) is 23.8 Å². The van der Waals surface area contributed by atoms with Gasteiger partial charge in [-0.2, -0.15) is 0 Å². The molecule has 0 aliphatic carbocycles. The highest BCUT2D eigenvalue weighted by Gasteiger charge is 2.09. The summed E-state index contributed by atoms with van der Waals surface area (Å²) in [5, 5.41) is 0. The van der Waals surface area contributed by atoms with Gasteiger partial charge in [0.1, 0.15) is 5.75 Å². The van der Waals surface area contributed by atoms with Crippen LogP contribution in [0.3, 0.4) is 0 Å². The average Bonchev–Trinajstić information content (AvgIpc) is 2.26. The summed E-state index contributed by atoms with van der Waals surface area (Å²) in [5.41, 5.74) is 11.6. The Morgan fingerprint density at radius 3 is 2.75 bits per heavy atom. The number of carbonyl (C=O) groups is 1. The van der Waals surface area contributed by atoms with E-state index in [-0.39, 0.29) is 0 Å². The van der Waals surface area contributed by atoms with Crippen molar-refractivity contribution in [1.29, 1.82) is 0 Å². The number of primary amides is 1. The van der Waals surface area contributed by atoms with Crippen LogP contribution >= 0.6 is 0 Å². The summed E-state index contributed by atoms with van der Waals surface area (Å²) in [6.07, 6.45) is 0.749. The molecule has 0 saturated heterocycles. The molecule has 0 unspecified atom stereocenters. The molecule has 0 aliphatic rings. The van der Waals surface area contributed by atoms with Crippen LogP contribution in [0.15, 0.2) is 18.2 Å². The Balaban J connectivity index is 2.67. The first kappa shape index (κ1) is 12.3. The van der Waals surface area contributed by atoms with Crippen LogP contribution in [0.1, 0.15) is 16.8 Å². The number of nitrogen functional groups attached to an aromatic ring is 1. The van der Waals surface area contributed by atoms with Gasteiger partial charge in [0.25, 0.3) is 5.91 Å². The number of hydrogen-bond donors (Lipinski definition) is 2. The standard InChI is InChI=1S/C11H16N2O3/c1-15-5-2-6-16-10-4-3-8(12)7-9(10)11(13)14/h3-4,7H,2,5-6,12H2,1H3,(H2,13,14). The van der Waals surface area contributed by atoms with Gasteiger partial charge in [0.15, 0.2) is 0 Å². The maximum Gasteiger partial charge on any atom is 0.252 e. The molecule has 1 rings (SSSR count). The molecule has 5 nitrogen and oxygen atoms in total. The number of nitrogens with two attached hydrogens (primary N) is 2. The molecule has 0 fully saturated rings. The van der Waals surface area contributed by atoms with Crippen LogP contribution in [0.5, 0.6) is 5.75 Å². The highest BCUT2D eigenvalue weighted by atomic mass is 16.5. The normalized spacial score (nSPS) is 10.1. The number of methoxy groups -OCH3 is 1. The topological polar surface area (TPSA) is 87.6 Å². The van der Waals surface area contributed by atoms with Crippen LogP contribution in [-0.4, -0.2) is 26.2 Å². The quantitative estimate of drug-likeness (QED) is 0.552. The zero-order valence-corrected chi connectivity index (χ0v) is 9.23. The van der Waals surface area contributed by atoms with E-state index >= 15 is 0 Å². The molecule has 0 spiro atoms. The molecule has 0 heterocycles. The van der Waals surface area contributed by atoms with E-state index in [4.69, 9.17) is 20.9 Å². The van der Waals surface area contributed by atoms with E-state index in [1.807, 2.05) is 0 Å². The molecule has 1 aromatic rings. The fourth-order valence-corrected chi connectivity index (χ4v) is 1.25. The third-order valence-corrected chi connectivity index (χ3v) is 2.02. The van der Waals surface area contributed by atoms with Gasteiger partial charge in [-0.05, 0) is 18.2 Å². The second-order valence-electron chi connectivity index (χ2n) is 3.31. The Bertz CT molecular complexity index is 366. The maximum absolute atomic E-state index is 11.1. The van der Waals surface area contributed by atoms with Crippen molar-refractivity contribution in [1.82, 2.24) is 0 Å². The number of hydrogen-bond acceptors (Lipinski definition) is 4. The number of anilines is 1. The van der Waals surface area contributed by atoms with Gasteiger partial charge < -0.3 is 20.9 Å². The minimum absolute atomic E-state index is 0.303. The molecule has 0 saturated carbocycles. The van der Waals surface area contributed by atoms with E-state index in [1.165, 1.54) is 6.07 Å². The molecule has 0 aliphatic heterocycles. The number of rotatable bonds is 6. The molecule has 16 heavy (non-hydrogen) atoms. The maximum atomic E-state index is 11.1. The fraction of sp³-hybridized carbons (Fsp3) is 0.364. The highest BCUT2D eigenvalue weighted by Crippen LogP contribution is 2.20. The number of carbonyl (C=O) groups excluding carboxylic acids is 1. The summed E-state index contributed by atoms with van der Waals surface area (Å²) >= 11 is 0. The van der Waals surface area contributed by atoms with E-state index in [1.54, 1.807) is 19.2 Å². The van der Waals surface area contributed by atoms with Crippen molar-refractivity contribution in [2.24, 2.45) is 5.73 Å². The lowest BCUT2D eigenvalue weighted by atomic mass is 10.1. The van der Waals surface area contributed by atoms with Gasteiger partial charge in [0.2, 0.25) is 0 Å². The molecule has 0 bridgehead atoms. The van der Waals surface area contributed by atoms with Gasteiger partial charge in [0, 0.05) is 25.8 Å². The van der Waals surface area contributed by atoms with Gasteiger partial charge in [-0.1, -0.05) is 0 Å². The van der Waals surface area contributed by atoms with Crippen LogP contribution in [-0.2, 0) is 4.74 Å². The lowest BCUT2D eigenvalue weighted by molar-refractivity contribution is 0.0995. The molecule has 88 valence electrons. The van der Waals surface area contributed by atoms with E-state index in [0.29, 0.717) is 30.2 Å². The number of benzene rings is 1. The van der Waals surface area contributed by atoms with Crippen molar-refractivity contribution in [2.45, 2.75) is 6.42 Å². The highest BCUT2D eigenvalue weighted by molar-refractivity contribution is 5.96. The van der Waals surface area contributed by atoms with Crippen LogP contribution in [0.4, 0.5) is 5.69 Å². The molecule has 0 radical (unpaired) electrons. The summed E-state index contributed by atoms with van der Waals surface area (Å²) in [7, 11) is 1.62. The first-order chi connectivity index (χ1) is 7.65. The lowest BCUT2D eigenvalue weighted by Gasteiger charge is -2.09. The van der Waals surface area contributed by atoms with E-state index < -0.39 is 5.91 Å². The SMILES string of the molecule is COCCCOc1ccc(N)cc1C(N)=O. The smallest absolute Gasteiger partial charge is 0.252 e. The zero-order valence-electron chi connectivity index (χ0n) is 9.23. The lowest BCUT2D eigenvalue weighted by Crippen LogP contribution is -2.14. The largest absolute Gasteiger partial charge is 0.493 e. The molecule has 0 atom stereocenters. The Labute approximate surface area is 94.3 Å². The van der Waals surface area contributed by atoms with E-state index in [9.17, 15) is 4.79 Å². The first-order valence-corrected chi connectivity index (χ1v) is 4.96. The number of ether oxygens (including phenoxy) is 2. The van der Waals surface area contributed by atoms with Crippen molar-refractivity contribution in [2.75, 3.05) is 26.1 Å². The average molecular weight is 224 g/mol. The predicted molar refractivity (Wildman–Crippen MR) is 61.4 cm³/mol. The molecular formula is C11H16N2O3. The summed E-state index contributed by atoms with van der Waals surface area (Å²) in [5.74, 6) is -0.0909. The Hall–Kier alpha value is -1.75. The van der Waals surface area contributed by atoms with Crippen molar-refractivity contribution >= 4 is 11.6 Å². The van der Waals surface area contributed by atoms with Crippen molar-refractivity contribution in [3.63, 3.8) is 0 Å². The molecule has 1 amide bonds. The summed E-state index contributed by atoms with van der Waals surface area (Å²) in [6.45, 7) is 1.08. The molecule has 4 N–H and O–H groups in total. The molecular weight excluding hydrogens is 208 g/mol. The van der Waals surface area contributed by atoms with E-state index in [2.05, 4.69) is 0 Å². The van der Waals surface area contributed by atoms with Gasteiger partial charge >= 0.3 is 0 Å². The minimum Gasteiger partial charge on any atom is -0.493 e. The van der Waals surface area contributed by atoms with Crippen LogP contribution in [0.25, 0.3) is 0 Å². The third-order valence-electron chi connectivity index (χ3n) is 2.02. The van der Waals surface area contributed by atoms with Gasteiger partial charge in [0.05, 0.1) is 12.2 Å². The van der Waals surface area contributed by atoms with Crippen LogP contribution in [0.2, 0.25) is 0 Å². The van der Waals surface area contributed by atoms with Crippen molar-refractivity contribution in [3.8, 4) is 5.75 Å². The molecule has 1 aromatic carbocycles. The summed E-state index contributed by atoms with van der Waals surface area (Å²) < 4.78 is 10.3. The van der Waals surface area contributed by atoms with Crippen LogP contribution in [0, 0.1) is 0 Å². The summed E-state index contributed by atoms with van der Waals surface area (Å²) in [4.78, 5) is 11.1. The Morgan fingerprint density at radius 2 is 2.12 bits per heavy atom. The van der Waals surface area contributed by atoms with Gasteiger partial charge in [-0.15, -0.1) is 0 Å². The Morgan fingerprint density at radius 1 is 1.38 bits per heavy atom. The van der Waals surface area contributed by atoms with Crippen molar-refractivity contribution < 1.29 is 14.3 Å². The second kappa shape index (κ2) is 5.97. The minimum atomic E-state index is -0.547. The molecule has 0 aromatic heterocycles. The van der Waals surface area contributed by atoms with Crippen LogP contribution < -0.4 is 16.2 Å². The predicted octanol–water partition coefficient (Wildman–Crippen LogP) is 0.783. The molecule has 5 heteroatoms. The van der Waals surface area contributed by atoms with E-state index in [0.717, 1.165) is 6.42 Å². The van der Waals surface area contributed by atoms with Gasteiger partial charge in [-0.25, -0.2) is 0 Å². The number of amides is 1. The fourth-order valence-electron chi connectivity index (χ4n) is 1.25. The Kier molecular flexibility index (Phi) is 4.60. The second-order valence-corrected chi connectivity index (χ2v) is 3.31.